The third-order valence-corrected chi connectivity index (χ3v) is 7.51. The smallest absolute Gasteiger partial charge is 0.280 e. The molecular weight excluding hydrogens is 558 g/mol. The summed E-state index contributed by atoms with van der Waals surface area (Å²) in [6.45, 7) is 2.54. The molecule has 13 heteroatoms. The number of carbonyl (C=O) groups is 2. The van der Waals surface area contributed by atoms with Crippen LogP contribution in [0.2, 0.25) is 5.02 Å². The Bertz CT molecular complexity index is 1440. The number of nitrogens with zero attached hydrogens (tertiary/aromatic N) is 4. The molecule has 0 saturated carbocycles. The number of alkyl halides is 2. The topological polar surface area (TPSA) is 130 Å². The monoisotopic (exact) mass is 586 g/mol. The predicted octanol–water partition coefficient (Wildman–Crippen LogP) is 3.91. The molecule has 2 aliphatic heterocycles. The summed E-state index contributed by atoms with van der Waals surface area (Å²) in [7, 11) is 0. The summed E-state index contributed by atoms with van der Waals surface area (Å²) in [5.74, 6) is -0.479. The molecule has 5 rings (SSSR count). The second kappa shape index (κ2) is 12.4. The first kappa shape index (κ1) is 28.8. The lowest BCUT2D eigenvalue weighted by atomic mass is 10.0. The number of nitrogens with one attached hydrogen (secondary N) is 2. The second-order valence-electron chi connectivity index (χ2n) is 9.93. The number of pyridine rings is 1. The molecule has 3 N–H and O–H groups in total. The van der Waals surface area contributed by atoms with Gasteiger partial charge in [0.2, 0.25) is 11.9 Å². The molecule has 0 radical (unpaired) electrons. The quantitative estimate of drug-likeness (QED) is 0.344. The minimum Gasteiger partial charge on any atom is -0.394 e. The Morgan fingerprint density at radius 2 is 1.95 bits per heavy atom. The molecule has 0 aliphatic carbocycles. The molecule has 1 aromatic carbocycles. The van der Waals surface area contributed by atoms with E-state index < -0.39 is 36.7 Å². The maximum absolute atomic E-state index is 13.4. The summed E-state index contributed by atoms with van der Waals surface area (Å²) in [5.41, 5.74) is 1.89. The Kier molecular flexibility index (Phi) is 8.71. The lowest BCUT2D eigenvalue weighted by Gasteiger charge is -2.25. The Hall–Kier alpha value is -3.74. The minimum atomic E-state index is -2.79. The maximum atomic E-state index is 13.4. The highest BCUT2D eigenvalue weighted by Gasteiger charge is 2.35. The molecule has 2 amide bonds. The van der Waals surface area contributed by atoms with Crippen LogP contribution in [0.15, 0.2) is 42.6 Å². The highest BCUT2D eigenvalue weighted by atomic mass is 35.5. The SMILES string of the molecule is CC(C(=O)NC(CO)c1cccc(C(F)F)n1)N1Cc2ccc(-c3nc(NC4CCOCC4)ncc3Cl)cc2C1=O. The molecule has 2 aliphatic rings. The Balaban J connectivity index is 1.30. The number of hydrogen-bond donors (Lipinski definition) is 3. The van der Waals surface area contributed by atoms with Crippen molar-refractivity contribution in [2.45, 2.75) is 50.9 Å². The fourth-order valence-corrected chi connectivity index (χ4v) is 5.08. The number of aromatic nitrogens is 3. The number of halogens is 3. The van der Waals surface area contributed by atoms with Crippen molar-refractivity contribution in [1.82, 2.24) is 25.2 Å². The number of anilines is 1. The van der Waals surface area contributed by atoms with Crippen molar-refractivity contribution in [3.63, 3.8) is 0 Å². The van der Waals surface area contributed by atoms with E-state index in [1.165, 1.54) is 29.3 Å². The lowest BCUT2D eigenvalue weighted by molar-refractivity contribution is -0.126. The van der Waals surface area contributed by atoms with Crippen molar-refractivity contribution < 1.29 is 28.2 Å². The van der Waals surface area contributed by atoms with Gasteiger partial charge in [0.1, 0.15) is 11.7 Å². The summed E-state index contributed by atoms with van der Waals surface area (Å²) in [4.78, 5) is 40.6. The van der Waals surface area contributed by atoms with E-state index in [0.717, 1.165) is 18.4 Å². The first-order valence-electron chi connectivity index (χ1n) is 13.2. The zero-order valence-electron chi connectivity index (χ0n) is 22.2. The fraction of sp³-hybridized carbons (Fsp3) is 0.393. The van der Waals surface area contributed by atoms with E-state index in [1.54, 1.807) is 19.1 Å². The highest BCUT2D eigenvalue weighted by molar-refractivity contribution is 6.33. The Labute approximate surface area is 240 Å². The molecule has 2 unspecified atom stereocenters. The molecule has 3 aromatic rings. The second-order valence-corrected chi connectivity index (χ2v) is 10.3. The first-order valence-corrected chi connectivity index (χ1v) is 13.6. The molecular formula is C28H29ClF2N6O4. The fourth-order valence-electron chi connectivity index (χ4n) is 4.88. The highest BCUT2D eigenvalue weighted by Crippen LogP contribution is 2.32. The van der Waals surface area contributed by atoms with Gasteiger partial charge in [0.25, 0.3) is 12.3 Å². The van der Waals surface area contributed by atoms with Crippen LogP contribution in [0.1, 0.15) is 59.5 Å². The third kappa shape index (κ3) is 6.29. The Morgan fingerprint density at radius 3 is 2.68 bits per heavy atom. The molecule has 216 valence electrons. The van der Waals surface area contributed by atoms with Gasteiger partial charge in [-0.2, -0.15) is 0 Å². The van der Waals surface area contributed by atoms with Crippen LogP contribution >= 0.6 is 11.6 Å². The summed E-state index contributed by atoms with van der Waals surface area (Å²) >= 11 is 6.43. The largest absolute Gasteiger partial charge is 0.394 e. The van der Waals surface area contributed by atoms with Crippen molar-refractivity contribution in [3.8, 4) is 11.3 Å². The molecule has 1 fully saturated rings. The number of aliphatic hydroxyl groups is 1. The molecule has 41 heavy (non-hydrogen) atoms. The van der Waals surface area contributed by atoms with Gasteiger partial charge in [-0.05, 0) is 43.5 Å². The summed E-state index contributed by atoms with van der Waals surface area (Å²) in [6.07, 6.45) is 0.409. The number of hydrogen-bond acceptors (Lipinski definition) is 8. The zero-order valence-corrected chi connectivity index (χ0v) is 22.9. The maximum Gasteiger partial charge on any atom is 0.280 e. The molecule has 0 bridgehead atoms. The van der Waals surface area contributed by atoms with Gasteiger partial charge in [-0.15, -0.1) is 0 Å². The normalized spacial score (nSPS) is 16.9. The van der Waals surface area contributed by atoms with Gasteiger partial charge in [0.05, 0.1) is 35.3 Å². The van der Waals surface area contributed by atoms with Crippen molar-refractivity contribution in [3.05, 3.63) is 70.1 Å². The van der Waals surface area contributed by atoms with Gasteiger partial charge >= 0.3 is 0 Å². The summed E-state index contributed by atoms with van der Waals surface area (Å²) in [6, 6.07) is 7.57. The van der Waals surface area contributed by atoms with Crippen LogP contribution < -0.4 is 10.6 Å². The van der Waals surface area contributed by atoms with E-state index >= 15 is 0 Å². The van der Waals surface area contributed by atoms with Gasteiger partial charge in [-0.25, -0.2) is 23.7 Å². The average molecular weight is 587 g/mol. The number of amides is 2. The van der Waals surface area contributed by atoms with E-state index in [-0.39, 0.29) is 24.2 Å². The minimum absolute atomic E-state index is 0.0962. The predicted molar refractivity (Wildman–Crippen MR) is 146 cm³/mol. The number of rotatable bonds is 9. The molecule has 0 spiro atoms. The van der Waals surface area contributed by atoms with Gasteiger partial charge in [0.15, 0.2) is 0 Å². The van der Waals surface area contributed by atoms with Crippen molar-refractivity contribution in [2.75, 3.05) is 25.1 Å². The van der Waals surface area contributed by atoms with Gasteiger partial charge in [-0.3, -0.25) is 9.59 Å². The number of benzene rings is 1. The number of carbonyl (C=O) groups excluding carboxylic acids is 2. The van der Waals surface area contributed by atoms with Crippen LogP contribution in [0.25, 0.3) is 11.3 Å². The van der Waals surface area contributed by atoms with Crippen LogP contribution in [0.5, 0.6) is 0 Å². The van der Waals surface area contributed by atoms with Gasteiger partial charge < -0.3 is 25.4 Å². The van der Waals surface area contributed by atoms with E-state index in [0.29, 0.717) is 41.0 Å². The van der Waals surface area contributed by atoms with Crippen molar-refractivity contribution in [1.29, 1.82) is 0 Å². The summed E-state index contributed by atoms with van der Waals surface area (Å²) in [5, 5.41) is 16.1. The van der Waals surface area contributed by atoms with Crippen LogP contribution in [-0.2, 0) is 16.1 Å². The zero-order chi connectivity index (χ0) is 29.1. The number of fused-ring (bicyclic) bond motifs is 1. The van der Waals surface area contributed by atoms with E-state index in [1.807, 2.05) is 6.07 Å². The van der Waals surface area contributed by atoms with E-state index in [9.17, 15) is 23.5 Å². The molecule has 1 saturated heterocycles. The molecule has 4 heterocycles. The molecule has 2 aromatic heterocycles. The van der Waals surface area contributed by atoms with Crippen LogP contribution in [-0.4, -0.2) is 68.7 Å². The Morgan fingerprint density at radius 1 is 1.20 bits per heavy atom. The first-order chi connectivity index (χ1) is 19.7. The molecule has 2 atom stereocenters. The van der Waals surface area contributed by atoms with E-state index in [4.69, 9.17) is 16.3 Å². The standard InChI is InChI=1S/C28H29ClF2N6O4/c1-15(26(39)35-23(14-38)21-3-2-4-22(34-21)25(30)31)37-13-17-6-5-16(11-19(17)27(37)40)24-20(29)12-32-28(36-24)33-18-7-9-41-10-8-18/h2-6,11-12,15,18,23,25,38H,7-10,13-14H2,1H3,(H,35,39)(H,32,33,36). The lowest BCUT2D eigenvalue weighted by Crippen LogP contribution is -2.47. The van der Waals surface area contributed by atoms with Crippen LogP contribution in [0.3, 0.4) is 0 Å². The van der Waals surface area contributed by atoms with Crippen LogP contribution in [0.4, 0.5) is 14.7 Å². The van der Waals surface area contributed by atoms with Crippen LogP contribution in [0, 0.1) is 0 Å². The molecule has 10 nitrogen and oxygen atoms in total. The van der Waals surface area contributed by atoms with Crippen molar-refractivity contribution in [2.24, 2.45) is 0 Å². The average Bonchev–Trinajstić information content (AvgIpc) is 3.32. The van der Waals surface area contributed by atoms with Gasteiger partial charge in [0, 0.05) is 36.9 Å². The van der Waals surface area contributed by atoms with Gasteiger partial charge in [-0.1, -0.05) is 29.8 Å². The number of aliphatic hydroxyl groups excluding tert-OH is 1. The third-order valence-electron chi connectivity index (χ3n) is 7.23. The number of ether oxygens (including phenoxy) is 1. The van der Waals surface area contributed by atoms with Crippen molar-refractivity contribution >= 4 is 29.4 Å². The van der Waals surface area contributed by atoms with E-state index in [2.05, 4.69) is 25.6 Å². The summed E-state index contributed by atoms with van der Waals surface area (Å²) < 4.78 is 31.6.